The van der Waals surface area contributed by atoms with Gasteiger partial charge in [0.05, 0.1) is 18.2 Å². The molecule has 3 nitrogen and oxygen atoms in total. The van der Waals surface area contributed by atoms with Gasteiger partial charge in [0.15, 0.2) is 0 Å². The van der Waals surface area contributed by atoms with E-state index in [1.54, 1.807) is 24.4 Å². The third kappa shape index (κ3) is 4.28. The van der Waals surface area contributed by atoms with Crippen LogP contribution in [0.3, 0.4) is 0 Å². The van der Waals surface area contributed by atoms with Gasteiger partial charge in [0.1, 0.15) is 0 Å². The van der Waals surface area contributed by atoms with Gasteiger partial charge >= 0.3 is 0 Å². The molecule has 0 radical (unpaired) electrons. The Morgan fingerprint density at radius 3 is 2.67 bits per heavy atom. The van der Waals surface area contributed by atoms with Crippen molar-refractivity contribution in [1.82, 2.24) is 10.3 Å². The van der Waals surface area contributed by atoms with Crippen molar-refractivity contribution in [3.63, 3.8) is 0 Å². The molecule has 0 bridgehead atoms. The van der Waals surface area contributed by atoms with Gasteiger partial charge < -0.3 is 5.32 Å². The monoisotopic (exact) mass is 362 g/mol. The molecule has 1 heterocycles. The molecule has 1 atom stereocenters. The highest BCUT2D eigenvalue weighted by atomic mass is 35.5. The molecule has 1 fully saturated rings. The summed E-state index contributed by atoms with van der Waals surface area (Å²) in [4.78, 5) is 17.0. The number of hydrogen-bond acceptors (Lipinski definition) is 2. The Kier molecular flexibility index (Phi) is 5.75. The number of carbonyl (C=O) groups is 1. The number of benzene rings is 1. The first kappa shape index (κ1) is 17.2. The van der Waals surface area contributed by atoms with E-state index >= 15 is 0 Å². The standard InChI is InChI=1S/C19H20Cl2N2O/c20-15-9-8-14(16(21)12-15)11-18(24)23-19(13-5-1-2-6-13)17-7-3-4-10-22-17/h3-4,7-10,12-13,19H,1-2,5-6,11H2,(H,23,24)/t19-/m1/s1. The van der Waals surface area contributed by atoms with Crippen LogP contribution < -0.4 is 5.32 Å². The molecule has 5 heteroatoms. The van der Waals surface area contributed by atoms with Crippen molar-refractivity contribution in [2.45, 2.75) is 38.1 Å². The molecular formula is C19H20Cl2N2O. The van der Waals surface area contributed by atoms with Crippen LogP contribution in [-0.2, 0) is 11.2 Å². The van der Waals surface area contributed by atoms with Gasteiger partial charge in [-0.05, 0) is 48.6 Å². The van der Waals surface area contributed by atoms with Gasteiger partial charge in [0.25, 0.3) is 0 Å². The molecule has 0 spiro atoms. The Labute approximate surface area is 152 Å². The fraction of sp³-hybridized carbons (Fsp3) is 0.368. The summed E-state index contributed by atoms with van der Waals surface area (Å²) < 4.78 is 0. The summed E-state index contributed by atoms with van der Waals surface area (Å²) >= 11 is 12.1. The SMILES string of the molecule is O=C(Cc1ccc(Cl)cc1Cl)N[C@@H](c1ccccn1)C1CCCC1. The highest BCUT2D eigenvalue weighted by Crippen LogP contribution is 2.35. The van der Waals surface area contributed by atoms with Crippen molar-refractivity contribution in [1.29, 1.82) is 0 Å². The van der Waals surface area contributed by atoms with E-state index in [4.69, 9.17) is 23.2 Å². The topological polar surface area (TPSA) is 42.0 Å². The molecule has 1 aromatic heterocycles. The lowest BCUT2D eigenvalue weighted by molar-refractivity contribution is -0.121. The molecule has 3 rings (SSSR count). The second kappa shape index (κ2) is 8.00. The number of nitrogens with zero attached hydrogens (tertiary/aromatic N) is 1. The molecule has 2 aromatic rings. The molecule has 24 heavy (non-hydrogen) atoms. The molecule has 1 N–H and O–H groups in total. The van der Waals surface area contributed by atoms with Crippen molar-refractivity contribution >= 4 is 29.1 Å². The van der Waals surface area contributed by atoms with Crippen LogP contribution >= 0.6 is 23.2 Å². The third-order valence-corrected chi connectivity index (χ3v) is 5.15. The van der Waals surface area contributed by atoms with Gasteiger partial charge in [-0.2, -0.15) is 0 Å². The largest absolute Gasteiger partial charge is 0.347 e. The van der Waals surface area contributed by atoms with Crippen molar-refractivity contribution in [2.75, 3.05) is 0 Å². The molecule has 1 aliphatic carbocycles. The molecule has 1 aliphatic rings. The van der Waals surface area contributed by atoms with Crippen molar-refractivity contribution in [2.24, 2.45) is 5.92 Å². The number of carbonyl (C=O) groups excluding carboxylic acids is 1. The minimum Gasteiger partial charge on any atom is -0.347 e. The molecule has 126 valence electrons. The number of amides is 1. The molecule has 0 unspecified atom stereocenters. The molecular weight excluding hydrogens is 343 g/mol. The minimum absolute atomic E-state index is 0.0349. The van der Waals surface area contributed by atoms with E-state index in [1.165, 1.54) is 12.8 Å². The number of halogens is 2. The number of nitrogens with one attached hydrogen (secondary N) is 1. The smallest absolute Gasteiger partial charge is 0.225 e. The summed E-state index contributed by atoms with van der Waals surface area (Å²) in [7, 11) is 0. The maximum absolute atomic E-state index is 12.6. The van der Waals surface area contributed by atoms with Crippen LogP contribution in [0.2, 0.25) is 10.0 Å². The number of aromatic nitrogens is 1. The van der Waals surface area contributed by atoms with Crippen LogP contribution in [0.15, 0.2) is 42.6 Å². The Bertz CT molecular complexity index is 700. The van der Waals surface area contributed by atoms with E-state index in [0.29, 0.717) is 16.0 Å². The van der Waals surface area contributed by atoms with Gasteiger partial charge in [-0.1, -0.05) is 48.2 Å². The average molecular weight is 363 g/mol. The lowest BCUT2D eigenvalue weighted by Gasteiger charge is -2.24. The highest BCUT2D eigenvalue weighted by Gasteiger charge is 2.28. The van der Waals surface area contributed by atoms with Gasteiger partial charge in [-0.15, -0.1) is 0 Å². The summed E-state index contributed by atoms with van der Waals surface area (Å²) in [6.07, 6.45) is 6.71. The van der Waals surface area contributed by atoms with E-state index in [2.05, 4.69) is 10.3 Å². The first-order valence-electron chi connectivity index (χ1n) is 8.27. The highest BCUT2D eigenvalue weighted by molar-refractivity contribution is 6.35. The van der Waals surface area contributed by atoms with Crippen molar-refractivity contribution in [3.8, 4) is 0 Å². The van der Waals surface area contributed by atoms with Crippen LogP contribution in [0, 0.1) is 5.92 Å². The Balaban J connectivity index is 1.73. The number of hydrogen-bond donors (Lipinski definition) is 1. The Morgan fingerprint density at radius 1 is 1.21 bits per heavy atom. The summed E-state index contributed by atoms with van der Waals surface area (Å²) in [6, 6.07) is 11.0. The number of rotatable bonds is 5. The van der Waals surface area contributed by atoms with Gasteiger partial charge in [0.2, 0.25) is 5.91 Å². The van der Waals surface area contributed by atoms with E-state index in [-0.39, 0.29) is 18.4 Å². The maximum atomic E-state index is 12.6. The second-order valence-electron chi connectivity index (χ2n) is 6.26. The summed E-state index contributed by atoms with van der Waals surface area (Å²) in [5, 5.41) is 4.26. The van der Waals surface area contributed by atoms with E-state index in [0.717, 1.165) is 24.1 Å². The normalized spacial score (nSPS) is 16.1. The van der Waals surface area contributed by atoms with E-state index in [9.17, 15) is 4.79 Å². The zero-order chi connectivity index (χ0) is 16.9. The van der Waals surface area contributed by atoms with Crippen molar-refractivity contribution in [3.05, 3.63) is 63.9 Å². The Morgan fingerprint density at radius 2 is 2.00 bits per heavy atom. The van der Waals surface area contributed by atoms with E-state index < -0.39 is 0 Å². The van der Waals surface area contributed by atoms with Crippen molar-refractivity contribution < 1.29 is 4.79 Å². The van der Waals surface area contributed by atoms with Gasteiger partial charge in [-0.25, -0.2) is 0 Å². The van der Waals surface area contributed by atoms with Crippen LogP contribution in [0.4, 0.5) is 0 Å². The van der Waals surface area contributed by atoms with Gasteiger partial charge in [0, 0.05) is 16.2 Å². The fourth-order valence-electron chi connectivity index (χ4n) is 3.35. The summed E-state index contributed by atoms with van der Waals surface area (Å²) in [6.45, 7) is 0. The average Bonchev–Trinajstić information content (AvgIpc) is 3.10. The molecule has 1 aromatic carbocycles. The van der Waals surface area contributed by atoms with E-state index in [1.807, 2.05) is 18.2 Å². The molecule has 0 saturated heterocycles. The first-order chi connectivity index (χ1) is 11.6. The zero-order valence-corrected chi connectivity index (χ0v) is 14.9. The third-order valence-electron chi connectivity index (χ3n) is 4.56. The molecule has 1 amide bonds. The second-order valence-corrected chi connectivity index (χ2v) is 7.10. The lowest BCUT2D eigenvalue weighted by Crippen LogP contribution is -2.34. The predicted octanol–water partition coefficient (Wildman–Crippen LogP) is 4.98. The zero-order valence-electron chi connectivity index (χ0n) is 13.3. The molecule has 0 aliphatic heterocycles. The van der Waals surface area contributed by atoms with Crippen LogP contribution in [-0.4, -0.2) is 10.9 Å². The van der Waals surface area contributed by atoms with Gasteiger partial charge in [-0.3, -0.25) is 9.78 Å². The maximum Gasteiger partial charge on any atom is 0.225 e. The molecule has 1 saturated carbocycles. The first-order valence-corrected chi connectivity index (χ1v) is 9.03. The van der Waals surface area contributed by atoms with Crippen LogP contribution in [0.1, 0.15) is 43.0 Å². The van der Waals surface area contributed by atoms with Crippen LogP contribution in [0.5, 0.6) is 0 Å². The summed E-state index contributed by atoms with van der Waals surface area (Å²) in [5.74, 6) is 0.409. The fourth-order valence-corrected chi connectivity index (χ4v) is 3.82. The van der Waals surface area contributed by atoms with Crippen LogP contribution in [0.25, 0.3) is 0 Å². The number of pyridine rings is 1. The minimum atomic E-state index is -0.0400. The predicted molar refractivity (Wildman–Crippen MR) is 97.2 cm³/mol. The quantitative estimate of drug-likeness (QED) is 0.814. The summed E-state index contributed by atoms with van der Waals surface area (Å²) in [5.41, 5.74) is 1.71. The lowest BCUT2D eigenvalue weighted by atomic mass is 9.94. The Hall–Kier alpha value is -1.58.